The Bertz CT molecular complexity index is 437. The molecule has 90 valence electrons. The fourth-order valence-corrected chi connectivity index (χ4v) is 1.76. The minimum Gasteiger partial charge on any atom is -0.370 e. The largest absolute Gasteiger partial charge is 0.370 e. The first-order valence-corrected chi connectivity index (χ1v) is 5.57. The molecule has 1 aromatic rings. The van der Waals surface area contributed by atoms with Crippen molar-refractivity contribution in [3.63, 3.8) is 0 Å². The van der Waals surface area contributed by atoms with Gasteiger partial charge in [0.05, 0.1) is 11.6 Å². The van der Waals surface area contributed by atoms with Crippen LogP contribution in [0, 0.1) is 11.3 Å². The maximum atomic E-state index is 10.8. The Kier molecular flexibility index (Phi) is 4.68. The van der Waals surface area contributed by atoms with Crippen molar-refractivity contribution in [3.8, 4) is 6.07 Å². The smallest absolute Gasteiger partial charge is 0.218 e. The number of amides is 1. The van der Waals surface area contributed by atoms with E-state index in [1.807, 2.05) is 32.0 Å². The van der Waals surface area contributed by atoms with Gasteiger partial charge in [0.25, 0.3) is 0 Å². The van der Waals surface area contributed by atoms with Crippen LogP contribution in [-0.2, 0) is 4.79 Å². The van der Waals surface area contributed by atoms with E-state index in [9.17, 15) is 4.79 Å². The number of nitriles is 1. The lowest BCUT2D eigenvalue weighted by Crippen LogP contribution is -2.32. The van der Waals surface area contributed by atoms with Crippen LogP contribution in [0.5, 0.6) is 0 Å². The lowest BCUT2D eigenvalue weighted by Gasteiger charge is -2.19. The summed E-state index contributed by atoms with van der Waals surface area (Å²) in [5.41, 5.74) is 6.80. The van der Waals surface area contributed by atoms with Crippen LogP contribution in [0.4, 0.5) is 0 Å². The molecule has 0 saturated heterocycles. The molecule has 2 unspecified atom stereocenters. The van der Waals surface area contributed by atoms with Crippen molar-refractivity contribution in [2.24, 2.45) is 5.73 Å². The summed E-state index contributed by atoms with van der Waals surface area (Å²) in [5.74, 6) is -0.317. The molecular formula is C13H17N3O. The minimum absolute atomic E-state index is 0.0215. The van der Waals surface area contributed by atoms with E-state index in [2.05, 4.69) is 11.4 Å². The van der Waals surface area contributed by atoms with Crippen molar-refractivity contribution >= 4 is 5.91 Å². The monoisotopic (exact) mass is 231 g/mol. The predicted molar refractivity (Wildman–Crippen MR) is 66.0 cm³/mol. The number of primary amides is 1. The van der Waals surface area contributed by atoms with Gasteiger partial charge in [0, 0.05) is 18.5 Å². The topological polar surface area (TPSA) is 78.9 Å². The van der Waals surface area contributed by atoms with Crippen LogP contribution in [-0.4, -0.2) is 11.9 Å². The Morgan fingerprint density at radius 2 is 2.24 bits per heavy atom. The van der Waals surface area contributed by atoms with Crippen LogP contribution >= 0.6 is 0 Å². The van der Waals surface area contributed by atoms with E-state index in [1.165, 1.54) is 0 Å². The number of nitrogens with zero attached hydrogens (tertiary/aromatic N) is 1. The van der Waals surface area contributed by atoms with E-state index in [-0.39, 0.29) is 18.0 Å². The number of benzene rings is 1. The molecule has 4 heteroatoms. The summed E-state index contributed by atoms with van der Waals surface area (Å²) in [6.45, 7) is 3.91. The van der Waals surface area contributed by atoms with Gasteiger partial charge in [-0.25, -0.2) is 0 Å². The van der Waals surface area contributed by atoms with Gasteiger partial charge in [-0.3, -0.25) is 4.79 Å². The molecule has 0 spiro atoms. The van der Waals surface area contributed by atoms with Gasteiger partial charge >= 0.3 is 0 Å². The van der Waals surface area contributed by atoms with Gasteiger partial charge in [-0.1, -0.05) is 12.1 Å². The number of carbonyl (C=O) groups excluding carboxylic acids is 1. The number of nitrogens with two attached hydrogens (primary N) is 1. The molecule has 17 heavy (non-hydrogen) atoms. The van der Waals surface area contributed by atoms with Gasteiger partial charge in [0.15, 0.2) is 0 Å². The summed E-state index contributed by atoms with van der Waals surface area (Å²) in [7, 11) is 0. The minimum atomic E-state index is -0.317. The van der Waals surface area contributed by atoms with Crippen molar-refractivity contribution in [1.82, 2.24) is 5.32 Å². The quantitative estimate of drug-likeness (QED) is 0.805. The normalized spacial score (nSPS) is 13.7. The number of carbonyl (C=O) groups is 1. The molecule has 0 aromatic heterocycles. The molecule has 0 bridgehead atoms. The fourth-order valence-electron chi connectivity index (χ4n) is 1.76. The lowest BCUT2D eigenvalue weighted by atomic mass is 10.0. The van der Waals surface area contributed by atoms with Gasteiger partial charge in [0.1, 0.15) is 0 Å². The third-order valence-corrected chi connectivity index (χ3v) is 2.56. The van der Waals surface area contributed by atoms with Gasteiger partial charge < -0.3 is 11.1 Å². The molecule has 0 fully saturated rings. The summed E-state index contributed by atoms with van der Waals surface area (Å²) in [4.78, 5) is 10.8. The molecule has 1 aromatic carbocycles. The van der Waals surface area contributed by atoms with Crippen molar-refractivity contribution in [3.05, 3.63) is 35.4 Å². The third-order valence-electron chi connectivity index (χ3n) is 2.56. The zero-order valence-corrected chi connectivity index (χ0v) is 10.1. The molecule has 0 aliphatic heterocycles. The maximum Gasteiger partial charge on any atom is 0.218 e. The van der Waals surface area contributed by atoms with Crippen LogP contribution in [0.25, 0.3) is 0 Å². The summed E-state index contributed by atoms with van der Waals surface area (Å²) < 4.78 is 0. The van der Waals surface area contributed by atoms with Gasteiger partial charge in [-0.2, -0.15) is 5.26 Å². The van der Waals surface area contributed by atoms with Crippen molar-refractivity contribution in [2.45, 2.75) is 32.4 Å². The summed E-state index contributed by atoms with van der Waals surface area (Å²) in [6, 6.07) is 9.62. The molecular weight excluding hydrogens is 214 g/mol. The zero-order valence-electron chi connectivity index (χ0n) is 10.1. The van der Waals surface area contributed by atoms with Crippen LogP contribution in [0.15, 0.2) is 24.3 Å². The first-order chi connectivity index (χ1) is 8.02. The van der Waals surface area contributed by atoms with E-state index in [1.54, 1.807) is 6.07 Å². The van der Waals surface area contributed by atoms with Crippen LogP contribution in [0.2, 0.25) is 0 Å². The third kappa shape index (κ3) is 4.25. The van der Waals surface area contributed by atoms with Crippen LogP contribution in [0.1, 0.15) is 37.4 Å². The Morgan fingerprint density at radius 1 is 1.53 bits per heavy atom. The zero-order chi connectivity index (χ0) is 12.8. The second kappa shape index (κ2) is 6.02. The highest BCUT2D eigenvalue weighted by Crippen LogP contribution is 2.14. The highest BCUT2D eigenvalue weighted by atomic mass is 16.1. The highest BCUT2D eigenvalue weighted by molar-refractivity contribution is 5.74. The van der Waals surface area contributed by atoms with Crippen molar-refractivity contribution in [2.75, 3.05) is 0 Å². The molecule has 0 radical (unpaired) electrons. The summed E-state index contributed by atoms with van der Waals surface area (Å²) in [6.07, 6.45) is 0.308. The summed E-state index contributed by atoms with van der Waals surface area (Å²) in [5, 5.41) is 12.1. The fraction of sp³-hybridized carbons (Fsp3) is 0.385. The molecule has 2 atom stereocenters. The molecule has 3 N–H and O–H groups in total. The van der Waals surface area contributed by atoms with E-state index < -0.39 is 0 Å². The Hall–Kier alpha value is -1.86. The van der Waals surface area contributed by atoms with E-state index in [4.69, 9.17) is 11.0 Å². The van der Waals surface area contributed by atoms with Gasteiger partial charge in [0.2, 0.25) is 5.91 Å². The van der Waals surface area contributed by atoms with Gasteiger partial charge in [-0.15, -0.1) is 0 Å². The van der Waals surface area contributed by atoms with E-state index in [0.717, 1.165) is 5.56 Å². The lowest BCUT2D eigenvalue weighted by molar-refractivity contribution is -0.118. The molecule has 0 aliphatic carbocycles. The van der Waals surface area contributed by atoms with Crippen molar-refractivity contribution < 1.29 is 4.79 Å². The second-order valence-electron chi connectivity index (χ2n) is 4.20. The predicted octanol–water partition coefficient (Wildman–Crippen LogP) is 1.47. The second-order valence-corrected chi connectivity index (χ2v) is 4.20. The molecule has 1 amide bonds. The number of hydrogen-bond acceptors (Lipinski definition) is 3. The van der Waals surface area contributed by atoms with Gasteiger partial charge in [-0.05, 0) is 31.5 Å². The van der Waals surface area contributed by atoms with E-state index in [0.29, 0.717) is 12.0 Å². The standard InChI is InChI=1S/C13H17N3O/c1-9(6-13(15)17)16-10(2)12-5-3-4-11(7-12)8-14/h3-5,7,9-10,16H,6H2,1-2H3,(H2,15,17). The van der Waals surface area contributed by atoms with Crippen LogP contribution < -0.4 is 11.1 Å². The SMILES string of the molecule is CC(CC(N)=O)NC(C)c1cccc(C#N)c1. The van der Waals surface area contributed by atoms with Crippen molar-refractivity contribution in [1.29, 1.82) is 5.26 Å². The average Bonchev–Trinajstić information content (AvgIpc) is 2.27. The average molecular weight is 231 g/mol. The van der Waals surface area contributed by atoms with Crippen LogP contribution in [0.3, 0.4) is 0 Å². The highest BCUT2D eigenvalue weighted by Gasteiger charge is 2.11. The Morgan fingerprint density at radius 3 is 2.82 bits per heavy atom. The first-order valence-electron chi connectivity index (χ1n) is 5.57. The number of hydrogen-bond donors (Lipinski definition) is 2. The first kappa shape index (κ1) is 13.2. The molecule has 0 aliphatic rings. The Balaban J connectivity index is 2.66. The molecule has 1 rings (SSSR count). The number of nitrogens with one attached hydrogen (secondary N) is 1. The molecule has 4 nitrogen and oxygen atoms in total. The summed E-state index contributed by atoms with van der Waals surface area (Å²) >= 11 is 0. The molecule has 0 heterocycles. The number of rotatable bonds is 5. The molecule has 0 saturated carbocycles. The Labute approximate surface area is 101 Å². The maximum absolute atomic E-state index is 10.8. The van der Waals surface area contributed by atoms with E-state index >= 15 is 0 Å².